The summed E-state index contributed by atoms with van der Waals surface area (Å²) in [7, 11) is 0. The monoisotopic (exact) mass is 184 g/mol. The molecule has 0 bridgehead atoms. The minimum absolute atomic E-state index is 0.123. The largest absolute Gasteiger partial charge is 0.461 e. The molecule has 0 saturated heterocycles. The van der Waals surface area contributed by atoms with Gasteiger partial charge in [-0.1, -0.05) is 25.5 Å². The average Bonchev–Trinajstić information content (AvgIpc) is 2.02. The van der Waals surface area contributed by atoms with Gasteiger partial charge < -0.3 is 4.74 Å². The van der Waals surface area contributed by atoms with Crippen LogP contribution in [0, 0.1) is 0 Å². The Balaban J connectivity index is 3.42. The van der Waals surface area contributed by atoms with Crippen LogP contribution < -0.4 is 0 Å². The number of hydrogen-bond acceptors (Lipinski definition) is 3. The van der Waals surface area contributed by atoms with Crippen LogP contribution in [-0.4, -0.2) is 18.4 Å². The first-order valence-electron chi connectivity index (χ1n) is 4.47. The van der Waals surface area contributed by atoms with E-state index in [1.807, 2.05) is 6.08 Å². The van der Waals surface area contributed by atoms with E-state index in [-0.39, 0.29) is 18.8 Å². The van der Waals surface area contributed by atoms with Gasteiger partial charge in [0.25, 0.3) is 0 Å². The first kappa shape index (κ1) is 11.9. The van der Waals surface area contributed by atoms with Crippen molar-refractivity contribution >= 4 is 11.8 Å². The van der Waals surface area contributed by atoms with E-state index in [1.165, 1.54) is 6.92 Å². The Morgan fingerprint density at radius 3 is 2.54 bits per heavy atom. The molecule has 3 nitrogen and oxygen atoms in total. The Hall–Kier alpha value is -1.12. The number of ether oxygens (including phenoxy) is 1. The highest BCUT2D eigenvalue weighted by atomic mass is 16.5. The molecule has 0 aromatic rings. The number of rotatable bonds is 6. The van der Waals surface area contributed by atoms with E-state index in [9.17, 15) is 9.59 Å². The summed E-state index contributed by atoms with van der Waals surface area (Å²) in [4.78, 5) is 21.3. The molecular weight excluding hydrogens is 168 g/mol. The van der Waals surface area contributed by atoms with Crippen LogP contribution >= 0.6 is 0 Å². The fourth-order valence-electron chi connectivity index (χ4n) is 0.748. The Morgan fingerprint density at radius 2 is 2.00 bits per heavy atom. The summed E-state index contributed by atoms with van der Waals surface area (Å²) >= 11 is 0. The fourth-order valence-corrected chi connectivity index (χ4v) is 0.748. The first-order chi connectivity index (χ1) is 6.16. The Labute approximate surface area is 78.8 Å². The molecule has 74 valence electrons. The topological polar surface area (TPSA) is 43.4 Å². The van der Waals surface area contributed by atoms with Crippen molar-refractivity contribution in [3.05, 3.63) is 12.2 Å². The SMILES string of the molecule is CCC/C=C/COC(=O)CC(C)=O. The summed E-state index contributed by atoms with van der Waals surface area (Å²) in [5, 5.41) is 0. The van der Waals surface area contributed by atoms with Crippen LogP contribution in [0.25, 0.3) is 0 Å². The second-order valence-electron chi connectivity index (χ2n) is 2.82. The lowest BCUT2D eigenvalue weighted by Crippen LogP contribution is -2.08. The Kier molecular flexibility index (Phi) is 6.88. The molecule has 13 heavy (non-hydrogen) atoms. The van der Waals surface area contributed by atoms with Gasteiger partial charge in [0.2, 0.25) is 0 Å². The van der Waals surface area contributed by atoms with Crippen molar-refractivity contribution in [3.63, 3.8) is 0 Å². The number of allylic oxidation sites excluding steroid dienone is 1. The third kappa shape index (κ3) is 8.79. The molecule has 0 amide bonds. The second-order valence-corrected chi connectivity index (χ2v) is 2.82. The molecule has 0 aliphatic heterocycles. The van der Waals surface area contributed by atoms with Crippen LogP contribution in [0.1, 0.15) is 33.1 Å². The third-order valence-electron chi connectivity index (χ3n) is 1.36. The van der Waals surface area contributed by atoms with E-state index in [1.54, 1.807) is 6.08 Å². The van der Waals surface area contributed by atoms with E-state index in [0.29, 0.717) is 0 Å². The summed E-state index contributed by atoms with van der Waals surface area (Å²) in [5.74, 6) is -0.615. The van der Waals surface area contributed by atoms with Crippen LogP contribution in [-0.2, 0) is 14.3 Å². The van der Waals surface area contributed by atoms with Gasteiger partial charge in [-0.05, 0) is 13.3 Å². The van der Waals surface area contributed by atoms with Gasteiger partial charge in [0, 0.05) is 0 Å². The Morgan fingerprint density at radius 1 is 1.31 bits per heavy atom. The normalized spacial score (nSPS) is 10.3. The molecule has 0 aliphatic rings. The maximum absolute atomic E-state index is 10.8. The van der Waals surface area contributed by atoms with Gasteiger partial charge in [-0.15, -0.1) is 0 Å². The van der Waals surface area contributed by atoms with E-state index < -0.39 is 5.97 Å². The number of carbonyl (C=O) groups is 2. The zero-order valence-electron chi connectivity index (χ0n) is 8.21. The highest BCUT2D eigenvalue weighted by Crippen LogP contribution is 1.91. The van der Waals surface area contributed by atoms with Crippen LogP contribution in [0.15, 0.2) is 12.2 Å². The van der Waals surface area contributed by atoms with Crippen molar-refractivity contribution in [2.45, 2.75) is 33.1 Å². The van der Waals surface area contributed by atoms with Crippen molar-refractivity contribution in [1.82, 2.24) is 0 Å². The van der Waals surface area contributed by atoms with Gasteiger partial charge >= 0.3 is 5.97 Å². The van der Waals surface area contributed by atoms with E-state index in [0.717, 1.165) is 12.8 Å². The quantitative estimate of drug-likeness (QED) is 0.359. The van der Waals surface area contributed by atoms with E-state index in [4.69, 9.17) is 4.74 Å². The number of ketones is 1. The zero-order valence-corrected chi connectivity index (χ0v) is 8.21. The molecule has 0 atom stereocenters. The number of unbranched alkanes of at least 4 members (excludes halogenated alkanes) is 1. The molecule has 0 aromatic carbocycles. The highest BCUT2D eigenvalue weighted by molar-refractivity contribution is 5.94. The predicted molar refractivity (Wildman–Crippen MR) is 50.3 cm³/mol. The molecule has 0 rings (SSSR count). The molecule has 0 aromatic heterocycles. The number of carbonyl (C=O) groups excluding carboxylic acids is 2. The maximum Gasteiger partial charge on any atom is 0.313 e. The summed E-state index contributed by atoms with van der Waals surface area (Å²) < 4.78 is 4.75. The molecular formula is C10H16O3. The molecule has 0 unspecified atom stereocenters. The summed E-state index contributed by atoms with van der Waals surface area (Å²) in [6.07, 6.45) is 5.70. The molecule has 0 aliphatic carbocycles. The third-order valence-corrected chi connectivity index (χ3v) is 1.36. The minimum Gasteiger partial charge on any atom is -0.461 e. The second kappa shape index (κ2) is 7.53. The lowest BCUT2D eigenvalue weighted by molar-refractivity contribution is -0.144. The molecule has 0 radical (unpaired) electrons. The van der Waals surface area contributed by atoms with Gasteiger partial charge in [0.1, 0.15) is 18.8 Å². The van der Waals surface area contributed by atoms with Crippen LogP contribution in [0.5, 0.6) is 0 Å². The van der Waals surface area contributed by atoms with Crippen LogP contribution in [0.2, 0.25) is 0 Å². The van der Waals surface area contributed by atoms with E-state index >= 15 is 0 Å². The lowest BCUT2D eigenvalue weighted by Gasteiger charge is -1.98. The molecule has 0 N–H and O–H groups in total. The highest BCUT2D eigenvalue weighted by Gasteiger charge is 2.03. The Bertz CT molecular complexity index is 194. The number of esters is 1. The van der Waals surface area contributed by atoms with Gasteiger partial charge in [-0.3, -0.25) is 9.59 Å². The smallest absolute Gasteiger partial charge is 0.313 e. The summed E-state index contributed by atoms with van der Waals surface area (Å²) in [6, 6.07) is 0. The molecule has 0 saturated carbocycles. The molecule has 0 heterocycles. The molecule has 0 spiro atoms. The van der Waals surface area contributed by atoms with Gasteiger partial charge in [0.15, 0.2) is 0 Å². The van der Waals surface area contributed by atoms with Gasteiger partial charge in [-0.2, -0.15) is 0 Å². The van der Waals surface area contributed by atoms with E-state index in [2.05, 4.69) is 6.92 Å². The maximum atomic E-state index is 10.8. The summed E-state index contributed by atoms with van der Waals surface area (Å²) in [5.41, 5.74) is 0. The summed E-state index contributed by atoms with van der Waals surface area (Å²) in [6.45, 7) is 3.71. The zero-order chi connectivity index (χ0) is 10.1. The standard InChI is InChI=1S/C10H16O3/c1-3-4-5-6-7-13-10(12)8-9(2)11/h5-6H,3-4,7-8H2,1-2H3/b6-5+. The molecule has 0 fully saturated rings. The fraction of sp³-hybridized carbons (Fsp3) is 0.600. The molecule has 3 heteroatoms. The number of Topliss-reactive ketones (excluding diaryl/α,β-unsaturated/α-hetero) is 1. The lowest BCUT2D eigenvalue weighted by atomic mass is 10.3. The average molecular weight is 184 g/mol. The van der Waals surface area contributed by atoms with Crippen molar-refractivity contribution in [2.75, 3.05) is 6.61 Å². The van der Waals surface area contributed by atoms with Gasteiger partial charge in [-0.25, -0.2) is 0 Å². The number of hydrogen-bond donors (Lipinski definition) is 0. The predicted octanol–water partition coefficient (Wildman–Crippen LogP) is 1.86. The van der Waals surface area contributed by atoms with Crippen molar-refractivity contribution in [3.8, 4) is 0 Å². The van der Waals surface area contributed by atoms with Gasteiger partial charge in [0.05, 0.1) is 0 Å². The van der Waals surface area contributed by atoms with Crippen molar-refractivity contribution in [1.29, 1.82) is 0 Å². The van der Waals surface area contributed by atoms with Crippen molar-refractivity contribution in [2.24, 2.45) is 0 Å². The first-order valence-corrected chi connectivity index (χ1v) is 4.47. The van der Waals surface area contributed by atoms with Crippen molar-refractivity contribution < 1.29 is 14.3 Å². The van der Waals surface area contributed by atoms with Crippen LogP contribution in [0.3, 0.4) is 0 Å². The minimum atomic E-state index is -0.450. The van der Waals surface area contributed by atoms with Crippen LogP contribution in [0.4, 0.5) is 0 Å².